The van der Waals surface area contributed by atoms with Gasteiger partial charge in [-0.25, -0.2) is 18.2 Å². The summed E-state index contributed by atoms with van der Waals surface area (Å²) in [6.45, 7) is 0. The number of amides is 1. The summed E-state index contributed by atoms with van der Waals surface area (Å²) < 4.78 is 39.6. The van der Waals surface area contributed by atoms with Crippen LogP contribution < -0.4 is 10.6 Å². The van der Waals surface area contributed by atoms with Gasteiger partial charge in [0.05, 0.1) is 22.6 Å². The van der Waals surface area contributed by atoms with Crippen molar-refractivity contribution in [2.24, 2.45) is 0 Å². The first-order valence-electron chi connectivity index (χ1n) is 7.37. The number of hydrogen-bond acceptors (Lipinski definition) is 3. The van der Waals surface area contributed by atoms with E-state index in [4.69, 9.17) is 11.6 Å². The van der Waals surface area contributed by atoms with Crippen molar-refractivity contribution in [1.82, 2.24) is 4.98 Å². The minimum absolute atomic E-state index is 0.0275. The molecule has 0 saturated carbocycles. The van der Waals surface area contributed by atoms with Crippen molar-refractivity contribution >= 4 is 34.6 Å². The van der Waals surface area contributed by atoms with Crippen molar-refractivity contribution in [3.8, 4) is 0 Å². The summed E-state index contributed by atoms with van der Waals surface area (Å²) >= 11 is 5.71. The second kappa shape index (κ2) is 7.45. The zero-order valence-corrected chi connectivity index (χ0v) is 13.8. The Balaban J connectivity index is 1.70. The molecule has 0 atom stereocenters. The third kappa shape index (κ3) is 4.12. The van der Waals surface area contributed by atoms with Gasteiger partial charge in [-0.15, -0.1) is 0 Å². The molecule has 1 heterocycles. The summed E-state index contributed by atoms with van der Waals surface area (Å²) in [7, 11) is 0. The highest BCUT2D eigenvalue weighted by molar-refractivity contribution is 6.31. The largest absolute Gasteiger partial charge is 0.354 e. The molecule has 0 saturated heterocycles. The van der Waals surface area contributed by atoms with Crippen LogP contribution in [0.1, 0.15) is 10.5 Å². The van der Waals surface area contributed by atoms with E-state index in [9.17, 15) is 18.0 Å². The monoisotopic (exact) mass is 377 g/mol. The van der Waals surface area contributed by atoms with Crippen LogP contribution >= 0.6 is 11.6 Å². The first-order valence-corrected chi connectivity index (χ1v) is 7.75. The number of carbonyl (C=O) groups is 1. The van der Waals surface area contributed by atoms with Crippen LogP contribution in [-0.2, 0) is 0 Å². The quantitative estimate of drug-likeness (QED) is 0.661. The number of carbonyl (C=O) groups excluding carboxylic acids is 1. The number of benzene rings is 2. The van der Waals surface area contributed by atoms with Crippen molar-refractivity contribution in [1.29, 1.82) is 0 Å². The number of rotatable bonds is 4. The molecule has 0 bridgehead atoms. The molecule has 3 rings (SSSR count). The fourth-order valence-electron chi connectivity index (χ4n) is 2.12. The van der Waals surface area contributed by atoms with Crippen LogP contribution in [0.15, 0.2) is 54.7 Å². The Morgan fingerprint density at radius 1 is 0.923 bits per heavy atom. The standard InChI is InChI=1S/C18H11ClF3N3O/c19-13-8-11(2-4-14(13)21)24-12-3-6-17(23-9-12)18(26)25-16-5-1-10(20)7-15(16)22/h1-9,24H,(H,25,26). The van der Waals surface area contributed by atoms with E-state index in [0.717, 1.165) is 12.1 Å². The highest BCUT2D eigenvalue weighted by Crippen LogP contribution is 2.22. The molecule has 2 aromatic carbocycles. The normalized spacial score (nSPS) is 10.5. The first-order chi connectivity index (χ1) is 12.4. The molecule has 0 unspecified atom stereocenters. The van der Waals surface area contributed by atoms with Crippen LogP contribution in [0, 0.1) is 17.5 Å². The Morgan fingerprint density at radius 3 is 2.35 bits per heavy atom. The Labute approximate surface area is 151 Å². The fraction of sp³-hybridized carbons (Fsp3) is 0. The van der Waals surface area contributed by atoms with E-state index in [2.05, 4.69) is 15.6 Å². The molecular formula is C18H11ClF3N3O. The van der Waals surface area contributed by atoms with E-state index in [1.54, 1.807) is 6.07 Å². The number of aromatic nitrogens is 1. The number of nitrogens with one attached hydrogen (secondary N) is 2. The van der Waals surface area contributed by atoms with Gasteiger partial charge in [0, 0.05) is 11.8 Å². The molecule has 26 heavy (non-hydrogen) atoms. The highest BCUT2D eigenvalue weighted by atomic mass is 35.5. The van der Waals surface area contributed by atoms with E-state index in [1.807, 2.05) is 0 Å². The Morgan fingerprint density at radius 2 is 1.69 bits per heavy atom. The molecule has 0 aliphatic heterocycles. The van der Waals surface area contributed by atoms with Gasteiger partial charge in [-0.2, -0.15) is 0 Å². The molecule has 4 nitrogen and oxygen atoms in total. The number of hydrogen-bond donors (Lipinski definition) is 2. The molecule has 0 aliphatic rings. The van der Waals surface area contributed by atoms with Crippen molar-refractivity contribution < 1.29 is 18.0 Å². The molecule has 1 aromatic heterocycles. The van der Waals surface area contributed by atoms with Gasteiger partial charge in [0.25, 0.3) is 5.91 Å². The third-order valence-corrected chi connectivity index (χ3v) is 3.67. The second-order valence-corrected chi connectivity index (χ2v) is 5.67. The molecule has 2 N–H and O–H groups in total. The van der Waals surface area contributed by atoms with Crippen LogP contribution in [0.2, 0.25) is 5.02 Å². The topological polar surface area (TPSA) is 54.0 Å². The molecular weight excluding hydrogens is 367 g/mol. The lowest BCUT2D eigenvalue weighted by molar-refractivity contribution is 0.102. The van der Waals surface area contributed by atoms with E-state index in [0.29, 0.717) is 17.4 Å². The van der Waals surface area contributed by atoms with Gasteiger partial charge in [0.2, 0.25) is 0 Å². The van der Waals surface area contributed by atoms with Gasteiger partial charge in [-0.3, -0.25) is 4.79 Å². The lowest BCUT2D eigenvalue weighted by Gasteiger charge is -2.09. The molecule has 0 radical (unpaired) electrons. The number of nitrogens with zero attached hydrogens (tertiary/aromatic N) is 1. The van der Waals surface area contributed by atoms with Crippen molar-refractivity contribution in [3.05, 3.63) is 82.9 Å². The Kier molecular flexibility index (Phi) is 5.09. The maximum atomic E-state index is 13.6. The molecule has 0 spiro atoms. The second-order valence-electron chi connectivity index (χ2n) is 5.26. The van der Waals surface area contributed by atoms with Gasteiger partial charge in [-0.1, -0.05) is 11.6 Å². The first kappa shape index (κ1) is 17.8. The van der Waals surface area contributed by atoms with Crippen LogP contribution in [0.5, 0.6) is 0 Å². The molecule has 3 aromatic rings. The Hall–Kier alpha value is -3.06. The van der Waals surface area contributed by atoms with Crippen molar-refractivity contribution in [2.45, 2.75) is 0 Å². The van der Waals surface area contributed by atoms with Crippen LogP contribution in [0.25, 0.3) is 0 Å². The summed E-state index contributed by atoms with van der Waals surface area (Å²) in [6.07, 6.45) is 1.38. The average Bonchev–Trinajstić information content (AvgIpc) is 2.61. The molecule has 8 heteroatoms. The molecule has 1 amide bonds. The Bertz CT molecular complexity index is 964. The maximum Gasteiger partial charge on any atom is 0.274 e. The highest BCUT2D eigenvalue weighted by Gasteiger charge is 2.11. The summed E-state index contributed by atoms with van der Waals surface area (Å²) in [4.78, 5) is 16.1. The molecule has 0 fully saturated rings. The van der Waals surface area contributed by atoms with Crippen molar-refractivity contribution in [2.75, 3.05) is 10.6 Å². The molecule has 0 aliphatic carbocycles. The van der Waals surface area contributed by atoms with Gasteiger partial charge < -0.3 is 10.6 Å². The van der Waals surface area contributed by atoms with E-state index < -0.39 is 23.4 Å². The lowest BCUT2D eigenvalue weighted by atomic mass is 10.2. The number of halogens is 4. The predicted molar refractivity (Wildman–Crippen MR) is 93.2 cm³/mol. The third-order valence-electron chi connectivity index (χ3n) is 3.38. The minimum atomic E-state index is -0.884. The van der Waals surface area contributed by atoms with Crippen LogP contribution in [0.3, 0.4) is 0 Å². The summed E-state index contributed by atoms with van der Waals surface area (Å²) in [5.74, 6) is -2.80. The SMILES string of the molecule is O=C(Nc1ccc(F)cc1F)c1ccc(Nc2ccc(F)c(Cl)c2)cn1. The van der Waals surface area contributed by atoms with Gasteiger partial charge in [0.1, 0.15) is 23.1 Å². The average molecular weight is 378 g/mol. The zero-order chi connectivity index (χ0) is 18.7. The number of anilines is 3. The minimum Gasteiger partial charge on any atom is -0.354 e. The summed E-state index contributed by atoms with van der Waals surface area (Å²) in [5, 5.41) is 5.24. The van der Waals surface area contributed by atoms with E-state index in [-0.39, 0.29) is 16.4 Å². The van der Waals surface area contributed by atoms with Crippen molar-refractivity contribution in [3.63, 3.8) is 0 Å². The van der Waals surface area contributed by atoms with E-state index in [1.165, 1.54) is 30.5 Å². The lowest BCUT2D eigenvalue weighted by Crippen LogP contribution is -2.14. The fourth-order valence-corrected chi connectivity index (χ4v) is 2.30. The van der Waals surface area contributed by atoms with Gasteiger partial charge in [-0.05, 0) is 42.5 Å². The predicted octanol–water partition coefficient (Wildman–Crippen LogP) is 5.15. The van der Waals surface area contributed by atoms with Crippen LogP contribution in [-0.4, -0.2) is 10.9 Å². The van der Waals surface area contributed by atoms with Gasteiger partial charge in [0.15, 0.2) is 0 Å². The maximum absolute atomic E-state index is 13.6. The van der Waals surface area contributed by atoms with E-state index >= 15 is 0 Å². The summed E-state index contributed by atoms with van der Waals surface area (Å²) in [5.41, 5.74) is 0.971. The van der Waals surface area contributed by atoms with Gasteiger partial charge >= 0.3 is 0 Å². The summed E-state index contributed by atoms with van der Waals surface area (Å²) in [6, 6.07) is 9.95. The smallest absolute Gasteiger partial charge is 0.274 e. The van der Waals surface area contributed by atoms with Crippen LogP contribution in [0.4, 0.5) is 30.2 Å². The molecule has 132 valence electrons. The zero-order valence-electron chi connectivity index (χ0n) is 13.1. The number of pyridine rings is 1.